The molecule has 0 aromatic heterocycles. The van der Waals surface area contributed by atoms with E-state index in [9.17, 15) is 0 Å². The van der Waals surface area contributed by atoms with Crippen molar-refractivity contribution in [1.82, 2.24) is 10.2 Å². The van der Waals surface area contributed by atoms with Gasteiger partial charge in [0.2, 0.25) is 0 Å². The van der Waals surface area contributed by atoms with Gasteiger partial charge in [-0.25, -0.2) is 0 Å². The maximum absolute atomic E-state index is 5.66. The van der Waals surface area contributed by atoms with E-state index in [-0.39, 0.29) is 6.10 Å². The molecule has 1 aliphatic heterocycles. The van der Waals surface area contributed by atoms with E-state index in [4.69, 9.17) is 4.74 Å². The summed E-state index contributed by atoms with van der Waals surface area (Å²) in [4.78, 5) is 4.75. The number of rotatable bonds is 5. The maximum atomic E-state index is 5.66. The van der Waals surface area contributed by atoms with Crippen molar-refractivity contribution in [2.75, 3.05) is 44.8 Å². The molecule has 106 valence electrons. The standard InChI is InChI=1S/C15H25N3O/c1-13(2)19-15-6-4-14(5-7-15)17(3)12-18-10-8-16-9-11-18/h4-7,13,16H,8-12H2,1-3H3. The number of nitrogens with one attached hydrogen (secondary N) is 1. The van der Waals surface area contributed by atoms with Crippen LogP contribution in [-0.2, 0) is 0 Å². The fourth-order valence-corrected chi connectivity index (χ4v) is 2.29. The quantitative estimate of drug-likeness (QED) is 0.876. The lowest BCUT2D eigenvalue weighted by Gasteiger charge is -2.32. The summed E-state index contributed by atoms with van der Waals surface area (Å²) in [6.45, 7) is 9.50. The number of hydrogen-bond acceptors (Lipinski definition) is 4. The molecule has 1 saturated heterocycles. The van der Waals surface area contributed by atoms with Crippen molar-refractivity contribution in [3.8, 4) is 5.75 Å². The molecule has 0 amide bonds. The first-order valence-corrected chi connectivity index (χ1v) is 7.06. The molecule has 1 heterocycles. The Kier molecular flexibility index (Phi) is 5.05. The Morgan fingerprint density at radius 3 is 2.42 bits per heavy atom. The van der Waals surface area contributed by atoms with E-state index in [1.165, 1.54) is 5.69 Å². The Morgan fingerprint density at radius 2 is 1.84 bits per heavy atom. The number of ether oxygens (including phenoxy) is 1. The van der Waals surface area contributed by atoms with E-state index >= 15 is 0 Å². The predicted molar refractivity (Wildman–Crippen MR) is 79.9 cm³/mol. The SMILES string of the molecule is CC(C)Oc1ccc(N(C)CN2CCNCC2)cc1. The van der Waals surface area contributed by atoms with Gasteiger partial charge in [0.25, 0.3) is 0 Å². The highest BCUT2D eigenvalue weighted by atomic mass is 16.5. The van der Waals surface area contributed by atoms with Crippen molar-refractivity contribution in [2.45, 2.75) is 20.0 Å². The van der Waals surface area contributed by atoms with Crippen molar-refractivity contribution < 1.29 is 4.74 Å². The third-order valence-corrected chi connectivity index (χ3v) is 3.27. The minimum Gasteiger partial charge on any atom is -0.491 e. The molecule has 4 nitrogen and oxygen atoms in total. The number of hydrogen-bond donors (Lipinski definition) is 1. The predicted octanol–water partition coefficient (Wildman–Crippen LogP) is 1.77. The van der Waals surface area contributed by atoms with Gasteiger partial charge in [0, 0.05) is 38.9 Å². The van der Waals surface area contributed by atoms with Crippen molar-refractivity contribution in [3.05, 3.63) is 24.3 Å². The molecule has 1 aromatic carbocycles. The topological polar surface area (TPSA) is 27.7 Å². The van der Waals surface area contributed by atoms with E-state index in [0.29, 0.717) is 0 Å². The first-order chi connectivity index (χ1) is 9.15. The minimum atomic E-state index is 0.226. The van der Waals surface area contributed by atoms with Gasteiger partial charge in [-0.1, -0.05) is 0 Å². The zero-order valence-corrected chi connectivity index (χ0v) is 12.2. The van der Waals surface area contributed by atoms with Gasteiger partial charge < -0.3 is 15.0 Å². The second-order valence-corrected chi connectivity index (χ2v) is 5.37. The van der Waals surface area contributed by atoms with Crippen LogP contribution in [0.15, 0.2) is 24.3 Å². The van der Waals surface area contributed by atoms with Crippen LogP contribution >= 0.6 is 0 Å². The summed E-state index contributed by atoms with van der Waals surface area (Å²) in [6, 6.07) is 8.34. The summed E-state index contributed by atoms with van der Waals surface area (Å²) in [6.07, 6.45) is 0.226. The normalized spacial score (nSPS) is 16.6. The largest absolute Gasteiger partial charge is 0.491 e. The summed E-state index contributed by atoms with van der Waals surface area (Å²) in [7, 11) is 2.14. The van der Waals surface area contributed by atoms with Crippen LogP contribution in [0.25, 0.3) is 0 Å². The second-order valence-electron chi connectivity index (χ2n) is 5.37. The lowest BCUT2D eigenvalue weighted by Crippen LogP contribution is -2.47. The van der Waals surface area contributed by atoms with Crippen LogP contribution in [0.5, 0.6) is 5.75 Å². The Bertz CT molecular complexity index is 371. The van der Waals surface area contributed by atoms with E-state index < -0.39 is 0 Å². The molecule has 0 saturated carbocycles. The van der Waals surface area contributed by atoms with E-state index in [0.717, 1.165) is 38.6 Å². The van der Waals surface area contributed by atoms with Crippen LogP contribution in [0.3, 0.4) is 0 Å². The molecule has 1 aromatic rings. The summed E-state index contributed by atoms with van der Waals surface area (Å²) < 4.78 is 5.66. The maximum Gasteiger partial charge on any atom is 0.119 e. The van der Waals surface area contributed by atoms with Crippen LogP contribution in [-0.4, -0.2) is 50.9 Å². The lowest BCUT2D eigenvalue weighted by atomic mass is 10.3. The van der Waals surface area contributed by atoms with Gasteiger partial charge in [0.05, 0.1) is 12.8 Å². The van der Waals surface area contributed by atoms with Gasteiger partial charge in [-0.05, 0) is 38.1 Å². The van der Waals surface area contributed by atoms with Crippen molar-refractivity contribution in [2.24, 2.45) is 0 Å². The van der Waals surface area contributed by atoms with E-state index in [1.807, 2.05) is 26.0 Å². The monoisotopic (exact) mass is 263 g/mol. The third-order valence-electron chi connectivity index (χ3n) is 3.27. The molecule has 4 heteroatoms. The van der Waals surface area contributed by atoms with Crippen LogP contribution in [0.2, 0.25) is 0 Å². The molecule has 0 radical (unpaired) electrons. The average Bonchev–Trinajstić information content (AvgIpc) is 2.40. The molecule has 0 bridgehead atoms. The molecule has 0 unspecified atom stereocenters. The molecule has 19 heavy (non-hydrogen) atoms. The molecule has 2 rings (SSSR count). The second kappa shape index (κ2) is 6.78. The van der Waals surface area contributed by atoms with Gasteiger partial charge in [-0.15, -0.1) is 0 Å². The molecular formula is C15H25N3O. The van der Waals surface area contributed by atoms with Gasteiger partial charge >= 0.3 is 0 Å². The minimum absolute atomic E-state index is 0.226. The summed E-state index contributed by atoms with van der Waals surface area (Å²) >= 11 is 0. The van der Waals surface area contributed by atoms with Crippen LogP contribution in [0.4, 0.5) is 5.69 Å². The van der Waals surface area contributed by atoms with Crippen LogP contribution in [0.1, 0.15) is 13.8 Å². The molecule has 1 N–H and O–H groups in total. The Hall–Kier alpha value is -1.26. The van der Waals surface area contributed by atoms with Crippen LogP contribution in [0, 0.1) is 0 Å². The first kappa shape index (κ1) is 14.2. The Morgan fingerprint density at radius 1 is 1.21 bits per heavy atom. The van der Waals surface area contributed by atoms with E-state index in [1.54, 1.807) is 0 Å². The van der Waals surface area contributed by atoms with Crippen LogP contribution < -0.4 is 15.0 Å². The Balaban J connectivity index is 1.89. The lowest BCUT2D eigenvalue weighted by molar-refractivity contribution is 0.241. The van der Waals surface area contributed by atoms with Crippen molar-refractivity contribution in [3.63, 3.8) is 0 Å². The van der Waals surface area contributed by atoms with Gasteiger partial charge in [0.1, 0.15) is 5.75 Å². The molecule has 1 aliphatic rings. The summed E-state index contributed by atoms with van der Waals surface area (Å²) in [5.74, 6) is 0.939. The highest BCUT2D eigenvalue weighted by Gasteiger charge is 2.11. The number of piperazine rings is 1. The van der Waals surface area contributed by atoms with Gasteiger partial charge in [-0.2, -0.15) is 0 Å². The van der Waals surface area contributed by atoms with Crippen molar-refractivity contribution >= 4 is 5.69 Å². The smallest absolute Gasteiger partial charge is 0.119 e. The number of anilines is 1. The zero-order valence-electron chi connectivity index (χ0n) is 12.2. The zero-order chi connectivity index (χ0) is 13.7. The molecule has 0 spiro atoms. The fourth-order valence-electron chi connectivity index (χ4n) is 2.29. The number of benzene rings is 1. The summed E-state index contributed by atoms with van der Waals surface area (Å²) in [5, 5.41) is 3.38. The van der Waals surface area contributed by atoms with Gasteiger partial charge in [-0.3, -0.25) is 4.90 Å². The molecule has 0 aliphatic carbocycles. The highest BCUT2D eigenvalue weighted by molar-refractivity contribution is 5.48. The highest BCUT2D eigenvalue weighted by Crippen LogP contribution is 2.19. The number of nitrogens with zero attached hydrogens (tertiary/aromatic N) is 2. The first-order valence-electron chi connectivity index (χ1n) is 7.06. The molecular weight excluding hydrogens is 238 g/mol. The Labute approximate surface area is 116 Å². The third kappa shape index (κ3) is 4.40. The fraction of sp³-hybridized carbons (Fsp3) is 0.600. The van der Waals surface area contributed by atoms with E-state index in [2.05, 4.69) is 34.3 Å². The molecule has 0 atom stereocenters. The average molecular weight is 263 g/mol. The summed E-state index contributed by atoms with van der Waals surface area (Å²) in [5.41, 5.74) is 1.23. The molecule has 1 fully saturated rings. The van der Waals surface area contributed by atoms with Gasteiger partial charge in [0.15, 0.2) is 0 Å². The van der Waals surface area contributed by atoms with Crippen molar-refractivity contribution in [1.29, 1.82) is 0 Å².